The van der Waals surface area contributed by atoms with Crippen molar-refractivity contribution in [1.82, 2.24) is 5.32 Å². The van der Waals surface area contributed by atoms with Crippen LogP contribution >= 0.6 is 23.2 Å². The van der Waals surface area contributed by atoms with Crippen LogP contribution in [-0.4, -0.2) is 17.8 Å². The van der Waals surface area contributed by atoms with Gasteiger partial charge in [-0.05, 0) is 18.6 Å². The van der Waals surface area contributed by atoms with Gasteiger partial charge < -0.3 is 10.4 Å². The second-order valence-corrected chi connectivity index (χ2v) is 3.96. The number of aliphatic hydroxyl groups excluding tert-OH is 1. The zero-order valence-electron chi connectivity index (χ0n) is 7.93. The molecule has 78 valence electrons. The van der Waals surface area contributed by atoms with Crippen LogP contribution in [0.5, 0.6) is 0 Å². The van der Waals surface area contributed by atoms with Gasteiger partial charge in [0.15, 0.2) is 0 Å². The van der Waals surface area contributed by atoms with Crippen LogP contribution in [0.1, 0.15) is 12.5 Å². The summed E-state index contributed by atoms with van der Waals surface area (Å²) in [6.07, 6.45) is 0. The fourth-order valence-corrected chi connectivity index (χ4v) is 1.42. The zero-order valence-corrected chi connectivity index (χ0v) is 9.44. The maximum absolute atomic E-state index is 8.82. The molecule has 0 saturated heterocycles. The highest BCUT2D eigenvalue weighted by molar-refractivity contribution is 6.42. The fraction of sp³-hybridized carbons (Fsp3) is 0.400. The molecule has 1 unspecified atom stereocenters. The van der Waals surface area contributed by atoms with Gasteiger partial charge in [0.2, 0.25) is 0 Å². The molecule has 1 aromatic carbocycles. The maximum Gasteiger partial charge on any atom is 0.0637 e. The molecule has 0 aliphatic rings. The number of benzene rings is 1. The van der Waals surface area contributed by atoms with E-state index in [0.717, 1.165) is 5.56 Å². The minimum atomic E-state index is 0.0602. The van der Waals surface area contributed by atoms with E-state index in [4.69, 9.17) is 28.3 Å². The van der Waals surface area contributed by atoms with Crippen molar-refractivity contribution in [2.45, 2.75) is 19.5 Å². The Balaban J connectivity index is 2.63. The minimum Gasteiger partial charge on any atom is -0.395 e. The van der Waals surface area contributed by atoms with Gasteiger partial charge in [-0.2, -0.15) is 0 Å². The normalized spacial score (nSPS) is 12.9. The number of halogens is 2. The first-order valence-corrected chi connectivity index (χ1v) is 5.18. The molecule has 0 aliphatic heterocycles. The van der Waals surface area contributed by atoms with Crippen molar-refractivity contribution in [2.24, 2.45) is 0 Å². The Morgan fingerprint density at radius 1 is 1.43 bits per heavy atom. The first-order valence-electron chi connectivity index (χ1n) is 4.42. The van der Waals surface area contributed by atoms with E-state index in [1.807, 2.05) is 19.1 Å². The van der Waals surface area contributed by atoms with Crippen molar-refractivity contribution in [3.63, 3.8) is 0 Å². The molecule has 0 aliphatic carbocycles. The molecule has 4 heteroatoms. The standard InChI is InChI=1S/C10H13Cl2NO/c1-7(6-14)13-5-8-3-2-4-9(11)10(8)12/h2-4,7,13-14H,5-6H2,1H3. The third kappa shape index (κ3) is 3.14. The van der Waals surface area contributed by atoms with Gasteiger partial charge in [0.05, 0.1) is 16.7 Å². The molecule has 0 radical (unpaired) electrons. The van der Waals surface area contributed by atoms with Crippen molar-refractivity contribution in [1.29, 1.82) is 0 Å². The molecule has 0 bridgehead atoms. The summed E-state index contributed by atoms with van der Waals surface area (Å²) >= 11 is 11.8. The van der Waals surface area contributed by atoms with Gasteiger partial charge in [0.25, 0.3) is 0 Å². The highest BCUT2D eigenvalue weighted by Gasteiger charge is 2.05. The van der Waals surface area contributed by atoms with Crippen LogP contribution in [0.15, 0.2) is 18.2 Å². The van der Waals surface area contributed by atoms with Crippen molar-refractivity contribution in [3.8, 4) is 0 Å². The number of aliphatic hydroxyl groups is 1. The van der Waals surface area contributed by atoms with E-state index in [1.165, 1.54) is 0 Å². The van der Waals surface area contributed by atoms with E-state index in [2.05, 4.69) is 5.32 Å². The molecule has 0 aromatic heterocycles. The monoisotopic (exact) mass is 233 g/mol. The molecule has 1 aromatic rings. The third-order valence-electron chi connectivity index (χ3n) is 1.95. The second-order valence-electron chi connectivity index (χ2n) is 3.18. The molecular formula is C10H13Cl2NO. The van der Waals surface area contributed by atoms with E-state index < -0.39 is 0 Å². The summed E-state index contributed by atoms with van der Waals surface area (Å²) in [4.78, 5) is 0. The quantitative estimate of drug-likeness (QED) is 0.838. The van der Waals surface area contributed by atoms with Crippen LogP contribution in [0, 0.1) is 0 Å². The second kappa shape index (κ2) is 5.56. The predicted molar refractivity (Wildman–Crippen MR) is 59.8 cm³/mol. The highest BCUT2D eigenvalue weighted by Crippen LogP contribution is 2.25. The molecule has 0 spiro atoms. The molecule has 0 fully saturated rings. The molecular weight excluding hydrogens is 221 g/mol. The lowest BCUT2D eigenvalue weighted by molar-refractivity contribution is 0.251. The van der Waals surface area contributed by atoms with E-state index in [1.54, 1.807) is 6.07 Å². The SMILES string of the molecule is CC(CO)NCc1cccc(Cl)c1Cl. The summed E-state index contributed by atoms with van der Waals surface area (Å²) in [7, 11) is 0. The van der Waals surface area contributed by atoms with E-state index in [-0.39, 0.29) is 12.6 Å². The van der Waals surface area contributed by atoms with Crippen molar-refractivity contribution >= 4 is 23.2 Å². The Labute approximate surface area is 93.8 Å². The molecule has 2 N–H and O–H groups in total. The van der Waals surface area contributed by atoms with Crippen molar-refractivity contribution < 1.29 is 5.11 Å². The summed E-state index contributed by atoms with van der Waals surface area (Å²) in [6, 6.07) is 5.58. The third-order valence-corrected chi connectivity index (χ3v) is 2.80. The lowest BCUT2D eigenvalue weighted by Gasteiger charge is -2.11. The summed E-state index contributed by atoms with van der Waals surface area (Å²) < 4.78 is 0. The lowest BCUT2D eigenvalue weighted by atomic mass is 10.2. The van der Waals surface area contributed by atoms with Gasteiger partial charge in [-0.15, -0.1) is 0 Å². The van der Waals surface area contributed by atoms with Crippen LogP contribution < -0.4 is 5.32 Å². The molecule has 1 atom stereocenters. The Morgan fingerprint density at radius 2 is 2.14 bits per heavy atom. The highest BCUT2D eigenvalue weighted by atomic mass is 35.5. The van der Waals surface area contributed by atoms with E-state index in [9.17, 15) is 0 Å². The lowest BCUT2D eigenvalue weighted by Crippen LogP contribution is -2.28. The summed E-state index contributed by atoms with van der Waals surface area (Å²) in [5.74, 6) is 0. The van der Waals surface area contributed by atoms with Crippen LogP contribution in [0.3, 0.4) is 0 Å². The molecule has 0 heterocycles. The van der Waals surface area contributed by atoms with E-state index in [0.29, 0.717) is 16.6 Å². The minimum absolute atomic E-state index is 0.0602. The number of rotatable bonds is 4. The summed E-state index contributed by atoms with van der Waals surface area (Å²) in [5, 5.41) is 13.1. The number of hydrogen-bond acceptors (Lipinski definition) is 2. The largest absolute Gasteiger partial charge is 0.395 e. The summed E-state index contributed by atoms with van der Waals surface area (Å²) in [5.41, 5.74) is 0.944. The van der Waals surface area contributed by atoms with Crippen LogP contribution in [0.2, 0.25) is 10.0 Å². The average Bonchev–Trinajstić information content (AvgIpc) is 2.20. The molecule has 0 saturated carbocycles. The van der Waals surface area contributed by atoms with Gasteiger partial charge in [-0.1, -0.05) is 35.3 Å². The Bertz CT molecular complexity index is 304. The van der Waals surface area contributed by atoms with Gasteiger partial charge in [0.1, 0.15) is 0 Å². The van der Waals surface area contributed by atoms with Gasteiger partial charge in [0, 0.05) is 12.6 Å². The Morgan fingerprint density at radius 3 is 2.79 bits per heavy atom. The fourth-order valence-electron chi connectivity index (χ4n) is 1.03. The van der Waals surface area contributed by atoms with Gasteiger partial charge >= 0.3 is 0 Å². The first-order chi connectivity index (χ1) is 6.65. The molecule has 0 amide bonds. The molecule has 2 nitrogen and oxygen atoms in total. The predicted octanol–water partition coefficient (Wildman–Crippen LogP) is 2.46. The van der Waals surface area contributed by atoms with Gasteiger partial charge in [-0.3, -0.25) is 0 Å². The average molecular weight is 234 g/mol. The van der Waals surface area contributed by atoms with Crippen LogP contribution in [-0.2, 0) is 6.54 Å². The smallest absolute Gasteiger partial charge is 0.0637 e. The van der Waals surface area contributed by atoms with Crippen molar-refractivity contribution in [2.75, 3.05) is 6.61 Å². The topological polar surface area (TPSA) is 32.3 Å². The number of hydrogen-bond donors (Lipinski definition) is 2. The van der Waals surface area contributed by atoms with Crippen LogP contribution in [0.25, 0.3) is 0 Å². The number of nitrogens with one attached hydrogen (secondary N) is 1. The van der Waals surface area contributed by atoms with Crippen LogP contribution in [0.4, 0.5) is 0 Å². The Hall–Kier alpha value is -0.280. The molecule has 1 rings (SSSR count). The summed E-state index contributed by atoms with van der Waals surface area (Å²) in [6.45, 7) is 2.62. The zero-order chi connectivity index (χ0) is 10.6. The maximum atomic E-state index is 8.82. The van der Waals surface area contributed by atoms with Gasteiger partial charge in [-0.25, -0.2) is 0 Å². The molecule has 14 heavy (non-hydrogen) atoms. The Kier molecular flexibility index (Phi) is 4.69. The first kappa shape index (κ1) is 11.8. The van der Waals surface area contributed by atoms with E-state index >= 15 is 0 Å². The van der Waals surface area contributed by atoms with Crippen molar-refractivity contribution in [3.05, 3.63) is 33.8 Å².